The number of methoxy groups -OCH3 is 2. The molecule has 14 heteroatoms. The number of nitrogens with one attached hydrogen (secondary N) is 1. The van der Waals surface area contributed by atoms with Crippen molar-refractivity contribution in [1.29, 1.82) is 0 Å². The summed E-state index contributed by atoms with van der Waals surface area (Å²) in [5.41, 5.74) is 2.34. The maximum atomic E-state index is 13.5. The van der Waals surface area contributed by atoms with Crippen LogP contribution in [0, 0.1) is 11.6 Å². The van der Waals surface area contributed by atoms with Crippen molar-refractivity contribution >= 4 is 79.0 Å². The average molecular weight is 791 g/mol. The van der Waals surface area contributed by atoms with Crippen molar-refractivity contribution in [2.75, 3.05) is 31.0 Å². The van der Waals surface area contributed by atoms with Crippen molar-refractivity contribution in [1.82, 2.24) is 0 Å². The molecule has 0 amide bonds. The molecule has 3 aromatic carbocycles. The van der Waals surface area contributed by atoms with Gasteiger partial charge in [-0.1, -0.05) is 53.3 Å². The summed E-state index contributed by atoms with van der Waals surface area (Å²) in [6, 6.07) is 11.6. The van der Waals surface area contributed by atoms with Gasteiger partial charge in [0, 0.05) is 39.8 Å². The molecule has 264 valence electrons. The smallest absolute Gasteiger partial charge is 0.337 e. The van der Waals surface area contributed by atoms with E-state index < -0.39 is 29.6 Å². The summed E-state index contributed by atoms with van der Waals surface area (Å²) in [6.07, 6.45) is 0. The summed E-state index contributed by atoms with van der Waals surface area (Å²) in [4.78, 5) is 48.6. The van der Waals surface area contributed by atoms with Crippen LogP contribution in [0.3, 0.4) is 0 Å². The molecular formula is C36H34BrF2NO8S2. The van der Waals surface area contributed by atoms with Gasteiger partial charge in [0.2, 0.25) is 0 Å². The van der Waals surface area contributed by atoms with Crippen LogP contribution in [0.5, 0.6) is 0 Å². The normalized spacial score (nSPS) is 12.2. The molecule has 0 saturated carbocycles. The van der Waals surface area contributed by atoms with Gasteiger partial charge in [0.1, 0.15) is 22.8 Å². The number of hydrogen-bond donors (Lipinski definition) is 1. The zero-order valence-electron chi connectivity index (χ0n) is 28.0. The molecule has 1 N–H and O–H groups in total. The summed E-state index contributed by atoms with van der Waals surface area (Å²) >= 11 is 6.31. The fraction of sp³-hybridized carbons (Fsp3) is 0.278. The number of carbonyl (C=O) groups is 2. The molecule has 0 aliphatic rings. The molecule has 0 aliphatic carbocycles. The van der Waals surface area contributed by atoms with E-state index in [4.69, 9.17) is 18.3 Å². The van der Waals surface area contributed by atoms with E-state index in [1.807, 2.05) is 20.8 Å². The molecule has 0 radical (unpaired) electrons. The van der Waals surface area contributed by atoms with Crippen LogP contribution in [-0.2, 0) is 9.47 Å². The van der Waals surface area contributed by atoms with E-state index in [1.165, 1.54) is 62.0 Å². The minimum Gasteiger partial charge on any atom is -0.465 e. The Morgan fingerprint density at radius 1 is 0.740 bits per heavy atom. The van der Waals surface area contributed by atoms with Gasteiger partial charge in [-0.15, -0.1) is 0 Å². The van der Waals surface area contributed by atoms with Gasteiger partial charge in [0.05, 0.1) is 42.2 Å². The van der Waals surface area contributed by atoms with Crippen LogP contribution in [0.2, 0.25) is 0 Å². The van der Waals surface area contributed by atoms with Crippen molar-refractivity contribution in [3.8, 4) is 0 Å². The quantitative estimate of drug-likeness (QED) is 0.0827. The highest BCUT2D eigenvalue weighted by molar-refractivity contribution is 9.09. The highest BCUT2D eigenvalue weighted by Gasteiger charge is 2.20. The summed E-state index contributed by atoms with van der Waals surface area (Å²) in [5, 5.41) is 4.62. The Kier molecular flexibility index (Phi) is 13.3. The van der Waals surface area contributed by atoms with E-state index >= 15 is 0 Å². The summed E-state index contributed by atoms with van der Waals surface area (Å²) in [5.74, 6) is -1.00. The van der Waals surface area contributed by atoms with Gasteiger partial charge in [-0.3, -0.25) is 9.59 Å². The number of alkyl halides is 1. The van der Waals surface area contributed by atoms with Crippen LogP contribution < -0.4 is 16.2 Å². The molecule has 0 bridgehead atoms. The minimum absolute atomic E-state index is 0.0605. The van der Waals surface area contributed by atoms with Gasteiger partial charge in [-0.2, -0.15) is 0 Å². The molecule has 0 fully saturated rings. The van der Waals surface area contributed by atoms with Gasteiger partial charge in [0.25, 0.3) is 0 Å². The minimum atomic E-state index is -0.721. The molecule has 50 heavy (non-hydrogen) atoms. The van der Waals surface area contributed by atoms with Crippen molar-refractivity contribution in [2.24, 2.45) is 0 Å². The number of hydrogen-bond acceptors (Lipinski definition) is 11. The maximum absolute atomic E-state index is 13.5. The molecular weight excluding hydrogens is 756 g/mol. The lowest BCUT2D eigenvalue weighted by Crippen LogP contribution is -2.12. The van der Waals surface area contributed by atoms with Gasteiger partial charge in [0.15, 0.2) is 21.0 Å². The summed E-state index contributed by atoms with van der Waals surface area (Å²) in [6.45, 7) is 7.57. The lowest BCUT2D eigenvalue weighted by molar-refractivity contribution is 0.0592. The topological polar surface area (TPSA) is 125 Å². The second kappa shape index (κ2) is 17.2. The van der Waals surface area contributed by atoms with Crippen molar-refractivity contribution in [3.05, 3.63) is 109 Å². The second-order valence-electron chi connectivity index (χ2n) is 10.7. The third kappa shape index (κ3) is 9.15. The third-order valence-electron chi connectivity index (χ3n) is 7.23. The Labute approximate surface area is 303 Å². The first-order valence-corrected chi connectivity index (χ1v) is 18.2. The highest BCUT2D eigenvalue weighted by Crippen LogP contribution is 2.33. The Morgan fingerprint density at radius 3 is 1.60 bits per heavy atom. The van der Waals surface area contributed by atoms with Gasteiger partial charge in [-0.25, -0.2) is 18.4 Å². The number of carbonyl (C=O) groups excluding carboxylic acids is 2. The first kappa shape index (κ1) is 38.7. The number of ether oxygens (including phenoxy) is 2. The molecule has 5 aromatic rings. The predicted molar refractivity (Wildman–Crippen MR) is 196 cm³/mol. The molecule has 5 rings (SSSR count). The Balaban J connectivity index is 0.000000237. The lowest BCUT2D eigenvalue weighted by atomic mass is 10.0. The Morgan fingerprint density at radius 2 is 1.18 bits per heavy atom. The Bertz CT molecular complexity index is 2150. The predicted octanol–water partition coefficient (Wildman–Crippen LogP) is 9.29. The number of thioether (sulfide) groups is 2. The molecule has 0 spiro atoms. The van der Waals surface area contributed by atoms with E-state index in [0.717, 1.165) is 29.5 Å². The first-order valence-electron chi connectivity index (χ1n) is 15.3. The van der Waals surface area contributed by atoms with Gasteiger partial charge in [-0.05, 0) is 61.8 Å². The SMILES string of the molecule is CCSc1cc(=O)c2cc(C(=O)OC)cc(C(C)Br)c2o1.CCSc1cc(=O)c2cc(C(=O)OC)cc(C(C)Nc3cc(F)cc(F)c3)c2o1. The van der Waals surface area contributed by atoms with E-state index in [0.29, 0.717) is 43.6 Å². The van der Waals surface area contributed by atoms with Crippen LogP contribution in [0.4, 0.5) is 14.5 Å². The molecule has 2 heterocycles. The van der Waals surface area contributed by atoms with Crippen molar-refractivity contribution in [3.63, 3.8) is 0 Å². The van der Waals surface area contributed by atoms with E-state index in [-0.39, 0.29) is 32.3 Å². The van der Waals surface area contributed by atoms with Crippen LogP contribution in [0.25, 0.3) is 21.9 Å². The monoisotopic (exact) mass is 789 g/mol. The van der Waals surface area contributed by atoms with Crippen LogP contribution in [0.15, 0.2) is 83.2 Å². The molecule has 0 aliphatic heterocycles. The fourth-order valence-corrected chi connectivity index (χ4v) is 6.58. The molecule has 0 saturated heterocycles. The molecule has 2 aromatic heterocycles. The standard InChI is InChI=1S/C21H19F2NO4S.C15H15BrO4S/c1-4-29-19-10-18(25)17-6-12(21(26)27-3)5-16(20(17)28-19)11(2)24-15-8-13(22)7-14(23)9-15;1-4-21-13-7-12(17)11-6-9(15(18)19-3)5-10(8(2)16)14(11)20-13/h5-11,24H,4H2,1-3H3;5-8H,4H2,1-3H3. The van der Waals surface area contributed by atoms with Crippen LogP contribution in [-0.4, -0.2) is 37.7 Å². The molecule has 2 unspecified atom stereocenters. The molecule has 9 nitrogen and oxygen atoms in total. The number of benzene rings is 3. The average Bonchev–Trinajstić information content (AvgIpc) is 3.07. The van der Waals surface area contributed by atoms with E-state index in [2.05, 4.69) is 21.2 Å². The van der Waals surface area contributed by atoms with Crippen molar-refractivity contribution < 1.29 is 36.7 Å². The number of anilines is 1. The number of halogens is 3. The number of fused-ring (bicyclic) bond motifs is 2. The first-order chi connectivity index (χ1) is 23.8. The van der Waals surface area contributed by atoms with Crippen molar-refractivity contribution in [2.45, 2.75) is 48.7 Å². The Hall–Kier alpha value is -4.14. The highest BCUT2D eigenvalue weighted by atomic mass is 79.9. The van der Waals surface area contributed by atoms with Crippen LogP contribution >= 0.6 is 39.5 Å². The number of esters is 2. The lowest BCUT2D eigenvalue weighted by Gasteiger charge is -2.18. The zero-order valence-corrected chi connectivity index (χ0v) is 31.2. The van der Waals surface area contributed by atoms with E-state index in [1.54, 1.807) is 19.1 Å². The second-order valence-corrected chi connectivity index (χ2v) is 14.6. The van der Waals surface area contributed by atoms with Crippen LogP contribution in [0.1, 0.15) is 70.4 Å². The van der Waals surface area contributed by atoms with Gasteiger partial charge < -0.3 is 23.6 Å². The molecule has 2 atom stereocenters. The summed E-state index contributed by atoms with van der Waals surface area (Å²) in [7, 11) is 2.56. The maximum Gasteiger partial charge on any atom is 0.337 e. The van der Waals surface area contributed by atoms with E-state index in [9.17, 15) is 28.0 Å². The number of rotatable bonds is 10. The van der Waals surface area contributed by atoms with Gasteiger partial charge >= 0.3 is 11.9 Å². The third-order valence-corrected chi connectivity index (χ3v) is 9.27. The fourth-order valence-electron chi connectivity index (χ4n) is 5.01. The summed E-state index contributed by atoms with van der Waals surface area (Å²) < 4.78 is 48.3. The zero-order chi connectivity index (χ0) is 36.7. The largest absolute Gasteiger partial charge is 0.465 e.